The van der Waals surface area contributed by atoms with Gasteiger partial charge in [0.05, 0.1) is 6.04 Å². The number of amides is 1. The van der Waals surface area contributed by atoms with Crippen LogP contribution < -0.4 is 5.32 Å². The van der Waals surface area contributed by atoms with Crippen molar-refractivity contribution in [2.75, 3.05) is 13.2 Å². The number of carbonyl (C=O) groups excluding carboxylic acids is 1. The van der Waals surface area contributed by atoms with Crippen LogP contribution in [0.25, 0.3) is 0 Å². The zero-order valence-electron chi connectivity index (χ0n) is 13.9. The SMILES string of the molecule is O=C(CCc1ccccc1)NC(c1cccnc1)C1CCOCC1. The molecule has 4 heteroatoms. The van der Waals surface area contributed by atoms with Gasteiger partial charge in [-0.15, -0.1) is 0 Å². The summed E-state index contributed by atoms with van der Waals surface area (Å²) in [6, 6.07) is 14.1. The molecule has 0 spiro atoms. The Labute approximate surface area is 143 Å². The number of hydrogen-bond acceptors (Lipinski definition) is 3. The maximum atomic E-state index is 12.5. The van der Waals surface area contributed by atoms with Gasteiger partial charge in [0.1, 0.15) is 0 Å². The molecule has 1 atom stereocenters. The minimum atomic E-state index is 0.0193. The molecule has 1 unspecified atom stereocenters. The van der Waals surface area contributed by atoms with E-state index in [2.05, 4.69) is 22.4 Å². The van der Waals surface area contributed by atoms with Gasteiger partial charge in [-0.25, -0.2) is 0 Å². The third kappa shape index (κ3) is 4.65. The molecule has 0 saturated carbocycles. The number of aryl methyl sites for hydroxylation is 1. The van der Waals surface area contributed by atoms with Gasteiger partial charge in [0.2, 0.25) is 5.91 Å². The van der Waals surface area contributed by atoms with Crippen LogP contribution in [-0.2, 0) is 16.0 Å². The zero-order valence-corrected chi connectivity index (χ0v) is 13.9. The molecule has 1 amide bonds. The number of carbonyl (C=O) groups is 1. The van der Waals surface area contributed by atoms with Crippen LogP contribution in [0.2, 0.25) is 0 Å². The smallest absolute Gasteiger partial charge is 0.220 e. The quantitative estimate of drug-likeness (QED) is 0.887. The largest absolute Gasteiger partial charge is 0.381 e. The van der Waals surface area contributed by atoms with Crippen LogP contribution in [0, 0.1) is 5.92 Å². The molecule has 4 nitrogen and oxygen atoms in total. The Hall–Kier alpha value is -2.20. The number of nitrogens with one attached hydrogen (secondary N) is 1. The highest BCUT2D eigenvalue weighted by atomic mass is 16.5. The lowest BCUT2D eigenvalue weighted by molar-refractivity contribution is -0.122. The van der Waals surface area contributed by atoms with E-state index >= 15 is 0 Å². The van der Waals surface area contributed by atoms with Gasteiger partial charge in [-0.3, -0.25) is 9.78 Å². The summed E-state index contributed by atoms with van der Waals surface area (Å²) in [5.74, 6) is 0.503. The summed E-state index contributed by atoms with van der Waals surface area (Å²) < 4.78 is 5.47. The van der Waals surface area contributed by atoms with Crippen LogP contribution in [0.3, 0.4) is 0 Å². The van der Waals surface area contributed by atoms with E-state index in [0.717, 1.165) is 38.0 Å². The summed E-state index contributed by atoms with van der Waals surface area (Å²) in [4.78, 5) is 16.7. The highest BCUT2D eigenvalue weighted by Crippen LogP contribution is 2.29. The molecule has 1 aromatic heterocycles. The van der Waals surface area contributed by atoms with Crippen molar-refractivity contribution in [1.82, 2.24) is 10.3 Å². The fraction of sp³-hybridized carbons (Fsp3) is 0.400. The van der Waals surface area contributed by atoms with Crippen LogP contribution in [0.1, 0.15) is 36.4 Å². The summed E-state index contributed by atoms with van der Waals surface area (Å²) in [6.07, 6.45) is 6.83. The van der Waals surface area contributed by atoms with E-state index in [1.807, 2.05) is 36.5 Å². The fourth-order valence-electron chi connectivity index (χ4n) is 3.23. The second-order valence-corrected chi connectivity index (χ2v) is 6.27. The van der Waals surface area contributed by atoms with E-state index in [4.69, 9.17) is 4.74 Å². The van der Waals surface area contributed by atoms with E-state index in [0.29, 0.717) is 12.3 Å². The first-order valence-corrected chi connectivity index (χ1v) is 8.64. The van der Waals surface area contributed by atoms with Gasteiger partial charge in [-0.1, -0.05) is 36.4 Å². The van der Waals surface area contributed by atoms with E-state index in [9.17, 15) is 4.79 Å². The van der Waals surface area contributed by atoms with Crippen molar-refractivity contribution in [3.8, 4) is 0 Å². The number of nitrogens with zero attached hydrogens (tertiary/aromatic N) is 1. The molecular weight excluding hydrogens is 300 g/mol. The molecule has 1 aliphatic heterocycles. The Morgan fingerprint density at radius 1 is 1.17 bits per heavy atom. The Balaban J connectivity index is 1.63. The topological polar surface area (TPSA) is 51.2 Å². The molecule has 0 radical (unpaired) electrons. The van der Waals surface area contributed by atoms with Gasteiger partial charge >= 0.3 is 0 Å². The lowest BCUT2D eigenvalue weighted by atomic mass is 9.87. The number of benzene rings is 1. The Kier molecular flexibility index (Phi) is 5.96. The van der Waals surface area contributed by atoms with Crippen LogP contribution in [-0.4, -0.2) is 24.1 Å². The fourth-order valence-corrected chi connectivity index (χ4v) is 3.23. The summed E-state index contributed by atoms with van der Waals surface area (Å²) in [5, 5.41) is 3.24. The summed E-state index contributed by atoms with van der Waals surface area (Å²) in [6.45, 7) is 1.53. The Morgan fingerprint density at radius 3 is 2.67 bits per heavy atom. The van der Waals surface area contributed by atoms with Crippen LogP contribution in [0.4, 0.5) is 0 Å². The lowest BCUT2D eigenvalue weighted by Crippen LogP contribution is -2.36. The zero-order chi connectivity index (χ0) is 16.6. The number of ether oxygens (including phenoxy) is 1. The third-order valence-corrected chi connectivity index (χ3v) is 4.58. The maximum Gasteiger partial charge on any atom is 0.220 e. The standard InChI is InChI=1S/C20H24N2O2/c23-19(9-8-16-5-2-1-3-6-16)22-20(17-10-13-24-14-11-17)18-7-4-12-21-15-18/h1-7,12,15,17,20H,8-11,13-14H2,(H,22,23). The number of aromatic nitrogens is 1. The van der Waals surface area contributed by atoms with Gasteiger partial charge < -0.3 is 10.1 Å². The molecule has 1 fully saturated rings. The number of hydrogen-bond donors (Lipinski definition) is 1. The van der Waals surface area contributed by atoms with Crippen LogP contribution in [0.15, 0.2) is 54.9 Å². The Morgan fingerprint density at radius 2 is 1.96 bits per heavy atom. The maximum absolute atomic E-state index is 12.5. The minimum absolute atomic E-state index is 0.0193. The molecule has 0 aliphatic carbocycles. The van der Waals surface area contributed by atoms with Crippen LogP contribution in [0.5, 0.6) is 0 Å². The van der Waals surface area contributed by atoms with E-state index in [1.165, 1.54) is 5.56 Å². The predicted octanol–water partition coefficient (Wildman–Crippen LogP) is 3.30. The molecule has 1 saturated heterocycles. The second-order valence-electron chi connectivity index (χ2n) is 6.27. The van der Waals surface area contributed by atoms with Gasteiger partial charge in [-0.2, -0.15) is 0 Å². The number of pyridine rings is 1. The molecule has 126 valence electrons. The number of rotatable bonds is 6. The monoisotopic (exact) mass is 324 g/mol. The Bertz CT molecular complexity index is 625. The van der Waals surface area contributed by atoms with Crippen molar-refractivity contribution < 1.29 is 9.53 Å². The molecule has 1 aliphatic rings. The molecule has 2 aromatic rings. The average Bonchev–Trinajstić information content (AvgIpc) is 2.67. The molecule has 0 bridgehead atoms. The predicted molar refractivity (Wildman–Crippen MR) is 93.4 cm³/mol. The van der Waals surface area contributed by atoms with Gasteiger partial charge in [0.25, 0.3) is 0 Å². The minimum Gasteiger partial charge on any atom is -0.381 e. The van der Waals surface area contributed by atoms with E-state index in [1.54, 1.807) is 6.20 Å². The summed E-state index contributed by atoms with van der Waals surface area (Å²) in [7, 11) is 0. The first-order chi connectivity index (χ1) is 11.8. The average molecular weight is 324 g/mol. The van der Waals surface area contributed by atoms with Gasteiger partial charge in [0.15, 0.2) is 0 Å². The van der Waals surface area contributed by atoms with E-state index < -0.39 is 0 Å². The summed E-state index contributed by atoms with van der Waals surface area (Å²) >= 11 is 0. The van der Waals surface area contributed by atoms with Gasteiger partial charge in [0, 0.05) is 32.0 Å². The highest BCUT2D eigenvalue weighted by Gasteiger charge is 2.26. The first kappa shape index (κ1) is 16.7. The second kappa shape index (κ2) is 8.60. The van der Waals surface area contributed by atoms with Crippen molar-refractivity contribution in [3.63, 3.8) is 0 Å². The van der Waals surface area contributed by atoms with Gasteiger partial charge in [-0.05, 0) is 42.4 Å². The van der Waals surface area contributed by atoms with Crippen molar-refractivity contribution in [2.24, 2.45) is 5.92 Å². The van der Waals surface area contributed by atoms with Crippen molar-refractivity contribution >= 4 is 5.91 Å². The lowest BCUT2D eigenvalue weighted by Gasteiger charge is -2.31. The third-order valence-electron chi connectivity index (χ3n) is 4.58. The van der Waals surface area contributed by atoms with Crippen molar-refractivity contribution in [3.05, 3.63) is 66.0 Å². The van der Waals surface area contributed by atoms with Crippen LogP contribution >= 0.6 is 0 Å². The molecule has 1 aromatic carbocycles. The first-order valence-electron chi connectivity index (χ1n) is 8.64. The van der Waals surface area contributed by atoms with E-state index in [-0.39, 0.29) is 11.9 Å². The molecular formula is C20H24N2O2. The molecule has 3 rings (SSSR count). The molecule has 24 heavy (non-hydrogen) atoms. The van der Waals surface area contributed by atoms with Crippen molar-refractivity contribution in [2.45, 2.75) is 31.7 Å². The molecule has 2 heterocycles. The molecule has 1 N–H and O–H groups in total. The normalized spacial score (nSPS) is 16.5. The summed E-state index contributed by atoms with van der Waals surface area (Å²) in [5.41, 5.74) is 2.27. The van der Waals surface area contributed by atoms with Crippen molar-refractivity contribution in [1.29, 1.82) is 0 Å². The highest BCUT2D eigenvalue weighted by molar-refractivity contribution is 5.76.